The summed E-state index contributed by atoms with van der Waals surface area (Å²) in [6.45, 7) is 10.5. The van der Waals surface area contributed by atoms with Gasteiger partial charge in [-0.05, 0) is 19.1 Å². The van der Waals surface area contributed by atoms with Crippen molar-refractivity contribution in [3.8, 4) is 0 Å². The lowest BCUT2D eigenvalue weighted by molar-refractivity contribution is 0.665. The molecule has 0 unspecified atom stereocenters. The molecule has 0 amide bonds. The molecule has 2 nitrogen and oxygen atoms in total. The van der Waals surface area contributed by atoms with Gasteiger partial charge in [0.25, 0.3) is 0 Å². The number of thiazole rings is 1. The van der Waals surface area contributed by atoms with Crippen molar-refractivity contribution in [2.75, 3.05) is 5.75 Å². The normalized spacial score (nSPS) is 20.9. The van der Waals surface area contributed by atoms with Crippen LogP contribution in [0.2, 0.25) is 0 Å². The zero-order valence-corrected chi connectivity index (χ0v) is 13.0. The van der Waals surface area contributed by atoms with Crippen LogP contribution in [0, 0.1) is 5.41 Å². The maximum absolute atomic E-state index is 4.76. The molecular formula is C15H16N2S2. The van der Waals surface area contributed by atoms with E-state index in [-0.39, 0.29) is 5.41 Å². The number of hydrogen-bond acceptors (Lipinski definition) is 4. The van der Waals surface area contributed by atoms with Crippen LogP contribution in [0.3, 0.4) is 0 Å². The highest BCUT2D eigenvalue weighted by Gasteiger charge is 2.18. The van der Waals surface area contributed by atoms with E-state index in [1.807, 2.05) is 0 Å². The highest BCUT2D eigenvalue weighted by Crippen LogP contribution is 2.26. The molecule has 1 aromatic heterocycles. The van der Waals surface area contributed by atoms with Crippen molar-refractivity contribution in [2.24, 2.45) is 10.4 Å². The lowest BCUT2D eigenvalue weighted by Crippen LogP contribution is -2.23. The first-order valence-corrected chi connectivity index (χ1v) is 8.04. The van der Waals surface area contributed by atoms with Gasteiger partial charge in [0, 0.05) is 16.9 Å². The number of aromatic nitrogens is 1. The maximum atomic E-state index is 4.76. The molecule has 1 aliphatic carbocycles. The first-order chi connectivity index (χ1) is 8.93. The summed E-state index contributed by atoms with van der Waals surface area (Å²) in [5, 5.41) is 3.12. The Balaban J connectivity index is 2.17. The van der Waals surface area contributed by atoms with Gasteiger partial charge in [0.15, 0.2) is 0 Å². The van der Waals surface area contributed by atoms with Crippen LogP contribution in [0.5, 0.6) is 0 Å². The van der Waals surface area contributed by atoms with E-state index >= 15 is 0 Å². The third-order valence-corrected chi connectivity index (χ3v) is 5.16. The van der Waals surface area contributed by atoms with Crippen molar-refractivity contribution < 1.29 is 0 Å². The van der Waals surface area contributed by atoms with Crippen molar-refractivity contribution in [3.63, 3.8) is 0 Å². The van der Waals surface area contributed by atoms with E-state index in [9.17, 15) is 0 Å². The monoisotopic (exact) mass is 288 g/mol. The summed E-state index contributed by atoms with van der Waals surface area (Å²) in [4.78, 5) is 9.23. The average molecular weight is 288 g/mol. The van der Waals surface area contributed by atoms with Crippen LogP contribution >= 0.6 is 23.1 Å². The number of hydrogen-bond donors (Lipinski definition) is 0. The summed E-state index contributed by atoms with van der Waals surface area (Å²) in [7, 11) is 0. The van der Waals surface area contributed by atoms with E-state index in [1.54, 1.807) is 23.1 Å². The molecule has 0 aromatic carbocycles. The zero-order chi connectivity index (χ0) is 13.6. The van der Waals surface area contributed by atoms with Gasteiger partial charge < -0.3 is 0 Å². The molecule has 2 aliphatic rings. The molecule has 4 heteroatoms. The molecule has 2 heterocycles. The van der Waals surface area contributed by atoms with Crippen LogP contribution in [0.25, 0.3) is 12.2 Å². The molecule has 19 heavy (non-hydrogen) atoms. The minimum Gasteiger partial charge on any atom is -0.243 e. The molecule has 1 aliphatic heterocycles. The van der Waals surface area contributed by atoms with E-state index in [1.165, 1.54) is 10.1 Å². The highest BCUT2D eigenvalue weighted by molar-refractivity contribution is 8.15. The predicted molar refractivity (Wildman–Crippen MR) is 86.0 cm³/mol. The largest absolute Gasteiger partial charge is 0.243 e. The Morgan fingerprint density at radius 3 is 2.79 bits per heavy atom. The summed E-state index contributed by atoms with van der Waals surface area (Å²) in [6, 6.07) is 0. The van der Waals surface area contributed by atoms with E-state index in [4.69, 9.17) is 4.98 Å². The maximum Gasteiger partial charge on any atom is 0.149 e. The second kappa shape index (κ2) is 4.46. The Labute approximate surface area is 121 Å². The smallest absolute Gasteiger partial charge is 0.149 e. The van der Waals surface area contributed by atoms with Gasteiger partial charge in [-0.1, -0.05) is 43.8 Å². The molecule has 98 valence electrons. The van der Waals surface area contributed by atoms with Crippen LogP contribution in [0.15, 0.2) is 28.9 Å². The fourth-order valence-electron chi connectivity index (χ4n) is 2.34. The van der Waals surface area contributed by atoms with Crippen molar-refractivity contribution in [3.05, 3.63) is 38.8 Å². The molecule has 0 spiro atoms. The van der Waals surface area contributed by atoms with Crippen LogP contribution in [0.1, 0.15) is 25.8 Å². The van der Waals surface area contributed by atoms with Gasteiger partial charge in [-0.25, -0.2) is 9.98 Å². The molecular weight excluding hydrogens is 272 g/mol. The molecule has 0 radical (unpaired) electrons. The lowest BCUT2D eigenvalue weighted by atomic mass is 9.91. The fourth-order valence-corrected chi connectivity index (χ4v) is 4.31. The van der Waals surface area contributed by atoms with Crippen LogP contribution in [0.4, 0.5) is 0 Å². The van der Waals surface area contributed by atoms with E-state index < -0.39 is 0 Å². The Bertz CT molecular complexity index is 733. The van der Waals surface area contributed by atoms with Gasteiger partial charge >= 0.3 is 0 Å². The van der Waals surface area contributed by atoms with Crippen LogP contribution < -0.4 is 9.88 Å². The number of allylic oxidation sites excluding steroid dienone is 2. The Kier molecular flexibility index (Phi) is 3.02. The van der Waals surface area contributed by atoms with Crippen LogP contribution in [-0.2, 0) is 0 Å². The fraction of sp³-hybridized carbons (Fsp3) is 0.333. The lowest BCUT2D eigenvalue weighted by Gasteiger charge is -2.13. The average Bonchev–Trinajstić information content (AvgIpc) is 2.82. The van der Waals surface area contributed by atoms with Gasteiger partial charge in [-0.3, -0.25) is 0 Å². The summed E-state index contributed by atoms with van der Waals surface area (Å²) in [5.74, 6) is 0.886. The first-order valence-electron chi connectivity index (χ1n) is 6.23. The molecule has 0 bridgehead atoms. The van der Waals surface area contributed by atoms with E-state index in [2.05, 4.69) is 50.6 Å². The highest BCUT2D eigenvalue weighted by atomic mass is 32.2. The number of rotatable bonds is 1. The third-order valence-electron chi connectivity index (χ3n) is 2.97. The first kappa shape index (κ1) is 12.9. The number of fused-ring (bicyclic) bond motifs is 1. The minimum absolute atomic E-state index is 0.0470. The number of nitrogens with zero attached hydrogens (tertiary/aromatic N) is 2. The summed E-state index contributed by atoms with van der Waals surface area (Å²) >= 11 is 3.45. The quantitative estimate of drug-likeness (QED) is 0.794. The minimum atomic E-state index is 0.0470. The molecule has 1 aromatic rings. The van der Waals surface area contributed by atoms with Crippen molar-refractivity contribution in [1.29, 1.82) is 0 Å². The second-order valence-electron chi connectivity index (χ2n) is 5.54. The summed E-state index contributed by atoms with van der Waals surface area (Å²) in [6.07, 6.45) is 6.74. The van der Waals surface area contributed by atoms with Crippen LogP contribution in [-0.4, -0.2) is 15.8 Å². The molecule has 0 saturated heterocycles. The van der Waals surface area contributed by atoms with Gasteiger partial charge in [0.2, 0.25) is 0 Å². The van der Waals surface area contributed by atoms with E-state index in [0.717, 1.165) is 26.9 Å². The van der Waals surface area contributed by atoms with Gasteiger partial charge in [-0.2, -0.15) is 0 Å². The van der Waals surface area contributed by atoms with Crippen molar-refractivity contribution in [2.45, 2.75) is 20.8 Å². The molecule has 0 fully saturated rings. The van der Waals surface area contributed by atoms with Crippen molar-refractivity contribution in [1.82, 2.24) is 4.98 Å². The van der Waals surface area contributed by atoms with Crippen molar-refractivity contribution >= 4 is 40.3 Å². The Morgan fingerprint density at radius 2 is 2.11 bits per heavy atom. The third kappa shape index (κ3) is 2.60. The van der Waals surface area contributed by atoms with Gasteiger partial charge in [0.1, 0.15) is 10.1 Å². The molecule has 3 rings (SSSR count). The molecule has 0 saturated carbocycles. The Morgan fingerprint density at radius 1 is 1.32 bits per heavy atom. The van der Waals surface area contributed by atoms with Gasteiger partial charge in [0.05, 0.1) is 9.88 Å². The molecule has 0 atom stereocenters. The van der Waals surface area contributed by atoms with E-state index in [0.29, 0.717) is 0 Å². The SMILES string of the molecule is C=C1CSC(c2nc3c(s2)=CC(C)=CC(C)(C)C=3)=N1. The standard InChI is InChI=1S/C15H16N2S2/c1-9-5-12-11(7-15(3,4)6-9)17-14(19-12)13-16-10(2)8-18-13/h5-7H,2,8H2,1,3-4H3. The second-order valence-corrected chi connectivity index (χ2v) is 7.53. The Hall–Kier alpha value is -1.13. The van der Waals surface area contributed by atoms with Gasteiger partial charge in [-0.15, -0.1) is 11.3 Å². The zero-order valence-electron chi connectivity index (χ0n) is 11.4. The summed E-state index contributed by atoms with van der Waals surface area (Å²) in [5.41, 5.74) is 2.28. The predicted octanol–water partition coefficient (Wildman–Crippen LogP) is 2.70. The number of aliphatic imine (C=N–C) groups is 1. The molecule has 0 N–H and O–H groups in total. The topological polar surface area (TPSA) is 25.2 Å². The number of thioether (sulfide) groups is 1. The summed E-state index contributed by atoms with van der Waals surface area (Å²) < 4.78 is 1.23.